The van der Waals surface area contributed by atoms with Crippen LogP contribution in [0.25, 0.3) is 0 Å². The number of aromatic nitrogens is 1. The van der Waals surface area contributed by atoms with Crippen LogP contribution in [0.2, 0.25) is 5.02 Å². The van der Waals surface area contributed by atoms with E-state index in [1.807, 2.05) is 0 Å². The lowest BCUT2D eigenvalue weighted by Gasteiger charge is -2.07. The van der Waals surface area contributed by atoms with Gasteiger partial charge in [0.25, 0.3) is 10.0 Å². The van der Waals surface area contributed by atoms with Gasteiger partial charge in [-0.05, 0) is 25.1 Å². The van der Waals surface area contributed by atoms with E-state index in [0.29, 0.717) is 5.69 Å². The van der Waals surface area contributed by atoms with Crippen molar-refractivity contribution >= 4 is 43.8 Å². The Balaban J connectivity index is 2.36. The topological polar surface area (TPSA) is 85.1 Å². The summed E-state index contributed by atoms with van der Waals surface area (Å²) < 4.78 is 39.5. The second-order valence-corrected chi connectivity index (χ2v) is 6.97. The fourth-order valence-corrected chi connectivity index (χ4v) is 3.94. The third-order valence-electron chi connectivity index (χ3n) is 2.19. The third kappa shape index (κ3) is 2.96. The number of thiazole rings is 1. The maximum absolute atomic E-state index is 13.0. The van der Waals surface area contributed by atoms with Crippen LogP contribution in [0.1, 0.15) is 5.69 Å². The number of nitrogens with one attached hydrogen (secondary N) is 1. The molecular weight excluding hydrogens is 313 g/mol. The molecule has 5 nitrogen and oxygen atoms in total. The first kappa shape index (κ1) is 14.0. The number of hydrogen-bond acceptors (Lipinski definition) is 5. The molecule has 102 valence electrons. The van der Waals surface area contributed by atoms with Gasteiger partial charge in [0.2, 0.25) is 0 Å². The lowest BCUT2D eigenvalue weighted by atomic mass is 10.3. The van der Waals surface area contributed by atoms with E-state index in [1.165, 1.54) is 12.1 Å². The predicted octanol–water partition coefficient (Wildman–Crippen LogP) is 2.63. The minimum absolute atomic E-state index is 0.0189. The molecule has 9 heteroatoms. The highest BCUT2D eigenvalue weighted by molar-refractivity contribution is 7.94. The summed E-state index contributed by atoms with van der Waals surface area (Å²) in [6.45, 7) is 1.54. The molecule has 0 fully saturated rings. The van der Waals surface area contributed by atoms with Crippen molar-refractivity contribution in [2.75, 3.05) is 10.5 Å². The average Bonchev–Trinajstić information content (AvgIpc) is 2.63. The van der Waals surface area contributed by atoms with Crippen LogP contribution in [0.3, 0.4) is 0 Å². The van der Waals surface area contributed by atoms with Crippen LogP contribution in [0.15, 0.2) is 22.4 Å². The van der Waals surface area contributed by atoms with Crippen molar-refractivity contribution in [3.8, 4) is 0 Å². The van der Waals surface area contributed by atoms with Gasteiger partial charge < -0.3 is 5.73 Å². The van der Waals surface area contributed by atoms with Crippen LogP contribution >= 0.6 is 22.9 Å². The van der Waals surface area contributed by atoms with Crippen LogP contribution < -0.4 is 10.5 Å². The van der Waals surface area contributed by atoms with Gasteiger partial charge in [0.15, 0.2) is 9.34 Å². The van der Waals surface area contributed by atoms with Crippen LogP contribution in [0, 0.1) is 12.7 Å². The van der Waals surface area contributed by atoms with Gasteiger partial charge >= 0.3 is 0 Å². The van der Waals surface area contributed by atoms with Crippen molar-refractivity contribution in [3.05, 3.63) is 34.7 Å². The molecule has 0 unspecified atom stereocenters. The van der Waals surface area contributed by atoms with E-state index in [1.54, 1.807) is 6.92 Å². The highest BCUT2D eigenvalue weighted by Gasteiger charge is 2.21. The molecule has 19 heavy (non-hydrogen) atoms. The molecule has 2 rings (SSSR count). The predicted molar refractivity (Wildman–Crippen MR) is 73.5 cm³/mol. The Morgan fingerprint density at radius 1 is 1.47 bits per heavy atom. The van der Waals surface area contributed by atoms with E-state index in [-0.39, 0.29) is 20.1 Å². The molecule has 0 aliphatic rings. The molecule has 0 atom stereocenters. The lowest BCUT2D eigenvalue weighted by Crippen LogP contribution is -2.12. The van der Waals surface area contributed by atoms with Gasteiger partial charge in [-0.15, -0.1) is 0 Å². The zero-order valence-corrected chi connectivity index (χ0v) is 12.0. The molecule has 0 aliphatic carbocycles. The summed E-state index contributed by atoms with van der Waals surface area (Å²) in [5.74, 6) is -0.622. The number of nitrogens with zero attached hydrogens (tertiary/aromatic N) is 1. The quantitative estimate of drug-likeness (QED) is 0.910. The van der Waals surface area contributed by atoms with Crippen molar-refractivity contribution in [3.63, 3.8) is 0 Å². The van der Waals surface area contributed by atoms with E-state index >= 15 is 0 Å². The smallest absolute Gasteiger partial charge is 0.273 e. The zero-order valence-electron chi connectivity index (χ0n) is 9.65. The molecule has 0 amide bonds. The highest BCUT2D eigenvalue weighted by Crippen LogP contribution is 2.28. The van der Waals surface area contributed by atoms with E-state index in [4.69, 9.17) is 17.3 Å². The molecule has 0 spiro atoms. The standard InChI is InChI=1S/C10H9ClFN3O2S2/c1-5-9(18-10(13)14-5)19(16,17)15-6-2-3-8(12)7(11)4-6/h2-4,15H,1H3,(H2,13,14). The number of rotatable bonds is 3. The van der Waals surface area contributed by atoms with Crippen molar-refractivity contribution in [2.24, 2.45) is 0 Å². The largest absolute Gasteiger partial charge is 0.375 e. The number of nitrogens with two attached hydrogens (primary N) is 1. The minimum Gasteiger partial charge on any atom is -0.375 e. The van der Waals surface area contributed by atoms with Gasteiger partial charge in [-0.3, -0.25) is 4.72 Å². The number of benzene rings is 1. The first-order valence-corrected chi connectivity index (χ1v) is 7.68. The van der Waals surface area contributed by atoms with Crippen LogP contribution in [-0.4, -0.2) is 13.4 Å². The van der Waals surface area contributed by atoms with Crippen LogP contribution in [0.4, 0.5) is 15.2 Å². The van der Waals surface area contributed by atoms with Crippen LogP contribution in [-0.2, 0) is 10.0 Å². The molecule has 1 aromatic carbocycles. The zero-order chi connectivity index (χ0) is 14.2. The van der Waals surface area contributed by atoms with Gasteiger partial charge in [-0.25, -0.2) is 17.8 Å². The molecule has 1 heterocycles. The second kappa shape index (κ2) is 4.95. The minimum atomic E-state index is -3.81. The van der Waals surface area contributed by atoms with Gasteiger partial charge in [0.1, 0.15) is 5.82 Å². The number of halogens is 2. The SMILES string of the molecule is Cc1nc(N)sc1S(=O)(=O)Nc1ccc(F)c(Cl)c1. The Hall–Kier alpha value is -1.38. The van der Waals surface area contributed by atoms with E-state index in [0.717, 1.165) is 17.4 Å². The van der Waals surface area contributed by atoms with E-state index in [9.17, 15) is 12.8 Å². The number of anilines is 2. The van der Waals surface area contributed by atoms with Gasteiger partial charge in [0.05, 0.1) is 16.4 Å². The van der Waals surface area contributed by atoms with E-state index < -0.39 is 15.8 Å². The summed E-state index contributed by atoms with van der Waals surface area (Å²) >= 11 is 6.44. The summed E-state index contributed by atoms with van der Waals surface area (Å²) in [5, 5.41) is -0.00393. The fraction of sp³-hybridized carbons (Fsp3) is 0.100. The summed E-state index contributed by atoms with van der Waals surface area (Å²) in [7, 11) is -3.81. The maximum Gasteiger partial charge on any atom is 0.273 e. The molecular formula is C10H9ClFN3O2S2. The summed E-state index contributed by atoms with van der Waals surface area (Å²) in [6, 6.07) is 3.54. The van der Waals surface area contributed by atoms with Gasteiger partial charge in [-0.1, -0.05) is 22.9 Å². The Morgan fingerprint density at radius 2 is 2.16 bits per heavy atom. The summed E-state index contributed by atoms with van der Waals surface area (Å²) in [6.07, 6.45) is 0. The second-order valence-electron chi connectivity index (χ2n) is 3.66. The first-order valence-electron chi connectivity index (χ1n) is 5.00. The molecule has 2 aromatic rings. The molecule has 0 saturated carbocycles. The Morgan fingerprint density at radius 3 is 2.68 bits per heavy atom. The normalized spacial score (nSPS) is 11.5. The average molecular weight is 322 g/mol. The number of aryl methyl sites for hydroxylation is 1. The van der Waals surface area contributed by atoms with Crippen molar-refractivity contribution < 1.29 is 12.8 Å². The van der Waals surface area contributed by atoms with Crippen molar-refractivity contribution in [2.45, 2.75) is 11.1 Å². The molecule has 1 aromatic heterocycles. The molecule has 3 N–H and O–H groups in total. The monoisotopic (exact) mass is 321 g/mol. The molecule has 0 saturated heterocycles. The molecule has 0 radical (unpaired) electrons. The lowest BCUT2D eigenvalue weighted by molar-refractivity contribution is 0.602. The van der Waals surface area contributed by atoms with Crippen LogP contribution in [0.5, 0.6) is 0 Å². The van der Waals surface area contributed by atoms with E-state index in [2.05, 4.69) is 9.71 Å². The number of sulfonamides is 1. The molecule has 0 aliphatic heterocycles. The fourth-order valence-electron chi connectivity index (χ4n) is 1.41. The first-order chi connectivity index (χ1) is 8.79. The Kier molecular flexibility index (Phi) is 3.66. The number of hydrogen-bond donors (Lipinski definition) is 2. The molecule has 0 bridgehead atoms. The third-order valence-corrected chi connectivity index (χ3v) is 5.45. The van der Waals surface area contributed by atoms with Crippen molar-refractivity contribution in [1.82, 2.24) is 4.98 Å². The Labute approximate surface area is 118 Å². The maximum atomic E-state index is 13.0. The Bertz CT molecular complexity index is 730. The van der Waals surface area contributed by atoms with Crippen molar-refractivity contribution in [1.29, 1.82) is 0 Å². The summed E-state index contributed by atoms with van der Waals surface area (Å²) in [5.41, 5.74) is 5.93. The highest BCUT2D eigenvalue weighted by atomic mass is 35.5. The number of nitrogen functional groups attached to an aromatic ring is 1. The van der Waals surface area contributed by atoms with Gasteiger partial charge in [0, 0.05) is 0 Å². The van der Waals surface area contributed by atoms with Gasteiger partial charge in [-0.2, -0.15) is 0 Å². The summed E-state index contributed by atoms with van der Waals surface area (Å²) in [4.78, 5) is 3.84.